The molecule has 0 saturated carbocycles. The van der Waals surface area contributed by atoms with Gasteiger partial charge in [0.05, 0.1) is 17.1 Å². The Morgan fingerprint density at radius 3 is 2.48 bits per heavy atom. The second-order valence-corrected chi connectivity index (χ2v) is 6.05. The summed E-state index contributed by atoms with van der Waals surface area (Å²) in [5, 5.41) is 9.00. The lowest BCUT2D eigenvalue weighted by molar-refractivity contribution is -0.136. The number of thioether (sulfide) groups is 1. The lowest BCUT2D eigenvalue weighted by atomic mass is 9.99. The van der Waals surface area contributed by atoms with Gasteiger partial charge in [-0.3, -0.25) is 14.5 Å². The van der Waals surface area contributed by atoms with E-state index >= 15 is 0 Å². The SMILES string of the molecule is CCN1C(=O)C(SCCO)=C(c2ccc(C)cc2C)C1=O. The van der Waals surface area contributed by atoms with Crippen LogP contribution in [0.1, 0.15) is 23.6 Å². The predicted molar refractivity (Wildman–Crippen MR) is 84.8 cm³/mol. The van der Waals surface area contributed by atoms with Crippen LogP contribution in [0.25, 0.3) is 5.57 Å². The lowest BCUT2D eigenvalue weighted by Crippen LogP contribution is -2.31. The molecule has 1 aromatic rings. The van der Waals surface area contributed by atoms with E-state index in [1.165, 1.54) is 16.7 Å². The Bertz CT molecular complexity index is 622. The zero-order chi connectivity index (χ0) is 15.6. The van der Waals surface area contributed by atoms with Crippen molar-refractivity contribution in [2.45, 2.75) is 20.8 Å². The van der Waals surface area contributed by atoms with Gasteiger partial charge in [-0.05, 0) is 31.9 Å². The summed E-state index contributed by atoms with van der Waals surface area (Å²) in [7, 11) is 0. The number of carbonyl (C=O) groups excluding carboxylic acids is 2. The van der Waals surface area contributed by atoms with Crippen LogP contribution in [0.4, 0.5) is 0 Å². The fraction of sp³-hybridized carbons (Fsp3) is 0.375. The van der Waals surface area contributed by atoms with E-state index in [1.807, 2.05) is 32.0 Å². The minimum Gasteiger partial charge on any atom is -0.396 e. The number of likely N-dealkylation sites (N-methyl/N-ethyl adjacent to an activating group) is 1. The first-order valence-electron chi connectivity index (χ1n) is 6.93. The number of aryl methyl sites for hydroxylation is 2. The van der Waals surface area contributed by atoms with Gasteiger partial charge in [0.1, 0.15) is 0 Å². The van der Waals surface area contributed by atoms with Gasteiger partial charge in [0.2, 0.25) is 0 Å². The van der Waals surface area contributed by atoms with Crippen LogP contribution < -0.4 is 0 Å². The fourth-order valence-corrected chi connectivity index (χ4v) is 3.32. The van der Waals surface area contributed by atoms with Gasteiger partial charge in [0.25, 0.3) is 11.8 Å². The third kappa shape index (κ3) is 2.89. The summed E-state index contributed by atoms with van der Waals surface area (Å²) in [4.78, 5) is 26.6. The summed E-state index contributed by atoms with van der Waals surface area (Å²) in [6.07, 6.45) is 0. The first-order valence-corrected chi connectivity index (χ1v) is 7.91. The van der Waals surface area contributed by atoms with Crippen LogP contribution in [0, 0.1) is 13.8 Å². The number of aliphatic hydroxyl groups is 1. The Labute approximate surface area is 128 Å². The Kier molecular flexibility index (Phi) is 4.85. The van der Waals surface area contributed by atoms with Crippen LogP contribution in [0.5, 0.6) is 0 Å². The number of carbonyl (C=O) groups is 2. The summed E-state index contributed by atoms with van der Waals surface area (Å²) in [6.45, 7) is 6.05. The highest BCUT2D eigenvalue weighted by Gasteiger charge is 2.38. The summed E-state index contributed by atoms with van der Waals surface area (Å²) in [5.74, 6) is -0.0915. The molecule has 0 atom stereocenters. The van der Waals surface area contributed by atoms with Gasteiger partial charge >= 0.3 is 0 Å². The summed E-state index contributed by atoms with van der Waals surface area (Å²) in [6, 6.07) is 5.84. The first-order chi connectivity index (χ1) is 10.0. The Hall–Kier alpha value is -1.59. The Morgan fingerprint density at radius 2 is 1.90 bits per heavy atom. The Balaban J connectivity index is 2.55. The highest BCUT2D eigenvalue weighted by Crippen LogP contribution is 2.37. The van der Waals surface area contributed by atoms with Crippen molar-refractivity contribution in [2.75, 3.05) is 18.9 Å². The van der Waals surface area contributed by atoms with E-state index in [9.17, 15) is 9.59 Å². The zero-order valence-corrected chi connectivity index (χ0v) is 13.3. The van der Waals surface area contributed by atoms with Crippen molar-refractivity contribution in [2.24, 2.45) is 0 Å². The maximum atomic E-state index is 12.5. The quantitative estimate of drug-likeness (QED) is 0.847. The molecule has 2 amide bonds. The van der Waals surface area contributed by atoms with E-state index < -0.39 is 0 Å². The number of hydrogen-bond acceptors (Lipinski definition) is 4. The molecule has 4 nitrogen and oxygen atoms in total. The van der Waals surface area contributed by atoms with Gasteiger partial charge in [-0.2, -0.15) is 0 Å². The van der Waals surface area contributed by atoms with Crippen molar-refractivity contribution in [1.29, 1.82) is 0 Å². The molecule has 1 aromatic carbocycles. The van der Waals surface area contributed by atoms with Crippen LogP contribution >= 0.6 is 11.8 Å². The molecule has 0 aliphatic carbocycles. The van der Waals surface area contributed by atoms with Crippen molar-refractivity contribution in [3.05, 3.63) is 39.8 Å². The number of rotatable bonds is 5. The number of amides is 2. The number of benzene rings is 1. The van der Waals surface area contributed by atoms with Crippen LogP contribution in [0.15, 0.2) is 23.1 Å². The van der Waals surface area contributed by atoms with Crippen LogP contribution in [-0.4, -0.2) is 40.7 Å². The zero-order valence-electron chi connectivity index (χ0n) is 12.5. The van der Waals surface area contributed by atoms with E-state index in [0.29, 0.717) is 22.8 Å². The molecule has 0 fully saturated rings. The molecule has 0 aromatic heterocycles. The molecule has 2 rings (SSSR count). The standard InChI is InChI=1S/C16H19NO3S/c1-4-17-15(19)13(14(16(17)20)21-8-7-18)12-6-5-10(2)9-11(12)3/h5-6,9,18H,4,7-8H2,1-3H3. The molecule has 0 saturated heterocycles. The van der Waals surface area contributed by atoms with E-state index in [0.717, 1.165) is 16.7 Å². The average molecular weight is 305 g/mol. The van der Waals surface area contributed by atoms with Gasteiger partial charge < -0.3 is 5.11 Å². The molecular weight excluding hydrogens is 286 g/mol. The van der Waals surface area contributed by atoms with E-state index in [1.54, 1.807) is 6.92 Å². The average Bonchev–Trinajstić information content (AvgIpc) is 2.67. The molecular formula is C16H19NO3S. The van der Waals surface area contributed by atoms with Crippen molar-refractivity contribution in [3.8, 4) is 0 Å². The van der Waals surface area contributed by atoms with Crippen molar-refractivity contribution in [3.63, 3.8) is 0 Å². The molecule has 1 heterocycles. The number of hydrogen-bond donors (Lipinski definition) is 1. The highest BCUT2D eigenvalue weighted by atomic mass is 32.2. The maximum absolute atomic E-state index is 12.5. The van der Waals surface area contributed by atoms with Gasteiger partial charge in [-0.25, -0.2) is 0 Å². The summed E-state index contributed by atoms with van der Waals surface area (Å²) >= 11 is 1.25. The van der Waals surface area contributed by atoms with Crippen LogP contribution in [0.2, 0.25) is 0 Å². The molecule has 0 bridgehead atoms. The molecule has 1 aliphatic rings. The lowest BCUT2D eigenvalue weighted by Gasteiger charge is -2.12. The molecule has 1 aliphatic heterocycles. The normalized spacial score (nSPS) is 15.3. The minimum absolute atomic E-state index is 0.0259. The molecule has 0 unspecified atom stereocenters. The highest BCUT2D eigenvalue weighted by molar-refractivity contribution is 8.04. The molecule has 1 N–H and O–H groups in total. The van der Waals surface area contributed by atoms with E-state index in [2.05, 4.69) is 0 Å². The topological polar surface area (TPSA) is 57.6 Å². The predicted octanol–water partition coefficient (Wildman–Crippen LogP) is 2.13. The van der Waals surface area contributed by atoms with E-state index in [4.69, 9.17) is 5.11 Å². The molecule has 5 heteroatoms. The Morgan fingerprint density at radius 1 is 1.19 bits per heavy atom. The van der Waals surface area contributed by atoms with E-state index in [-0.39, 0.29) is 18.4 Å². The van der Waals surface area contributed by atoms with Crippen molar-refractivity contribution in [1.82, 2.24) is 4.90 Å². The second kappa shape index (κ2) is 6.45. The van der Waals surface area contributed by atoms with Gasteiger partial charge in [-0.1, -0.05) is 23.8 Å². The number of imide groups is 1. The number of aliphatic hydroxyl groups excluding tert-OH is 1. The fourth-order valence-electron chi connectivity index (χ4n) is 2.45. The summed E-state index contributed by atoms with van der Waals surface area (Å²) < 4.78 is 0. The van der Waals surface area contributed by atoms with Crippen LogP contribution in [-0.2, 0) is 9.59 Å². The van der Waals surface area contributed by atoms with Gasteiger partial charge in [0.15, 0.2) is 0 Å². The monoisotopic (exact) mass is 305 g/mol. The van der Waals surface area contributed by atoms with Crippen molar-refractivity contribution < 1.29 is 14.7 Å². The summed E-state index contributed by atoms with van der Waals surface area (Å²) in [5.41, 5.74) is 3.37. The van der Waals surface area contributed by atoms with Gasteiger partial charge in [0, 0.05) is 12.3 Å². The minimum atomic E-state index is -0.254. The number of nitrogens with zero attached hydrogens (tertiary/aromatic N) is 1. The third-order valence-electron chi connectivity index (χ3n) is 3.43. The largest absolute Gasteiger partial charge is 0.396 e. The first kappa shape index (κ1) is 15.8. The van der Waals surface area contributed by atoms with Crippen molar-refractivity contribution >= 4 is 29.1 Å². The van der Waals surface area contributed by atoms with Crippen LogP contribution in [0.3, 0.4) is 0 Å². The molecule has 112 valence electrons. The molecule has 0 radical (unpaired) electrons. The maximum Gasteiger partial charge on any atom is 0.267 e. The third-order valence-corrected chi connectivity index (χ3v) is 4.48. The molecule has 21 heavy (non-hydrogen) atoms. The molecule has 0 spiro atoms. The smallest absolute Gasteiger partial charge is 0.267 e. The van der Waals surface area contributed by atoms with Gasteiger partial charge in [-0.15, -0.1) is 11.8 Å². The second-order valence-electron chi connectivity index (χ2n) is 4.95.